The minimum Gasteiger partial charge on any atom is -0.494 e. The normalized spacial score (nSPS) is 17.3. The lowest BCUT2D eigenvalue weighted by atomic mass is 9.74. The van der Waals surface area contributed by atoms with Crippen molar-refractivity contribution in [1.82, 2.24) is 0 Å². The molecule has 0 radical (unpaired) electrons. The molecule has 2 rings (SSSR count). The van der Waals surface area contributed by atoms with E-state index in [1.54, 1.807) is 0 Å². The first-order valence-corrected chi connectivity index (χ1v) is 7.98. The number of esters is 1. The summed E-state index contributed by atoms with van der Waals surface area (Å²) in [5.41, 5.74) is 0.356. The largest absolute Gasteiger partial charge is 0.494 e. The second-order valence-corrected chi connectivity index (χ2v) is 6.24. The molecule has 0 aliphatic carbocycles. The highest BCUT2D eigenvalue weighted by Gasteiger charge is 2.43. The van der Waals surface area contributed by atoms with Crippen molar-refractivity contribution in [3.8, 4) is 5.75 Å². The molecule has 0 saturated carbocycles. The Kier molecular flexibility index (Phi) is 5.83. The summed E-state index contributed by atoms with van der Waals surface area (Å²) in [5, 5.41) is 0. The molecule has 4 heteroatoms. The van der Waals surface area contributed by atoms with Crippen molar-refractivity contribution >= 4 is 5.97 Å². The fourth-order valence-electron chi connectivity index (χ4n) is 2.82. The van der Waals surface area contributed by atoms with E-state index in [1.807, 2.05) is 24.3 Å². The van der Waals surface area contributed by atoms with E-state index in [0.29, 0.717) is 38.6 Å². The Morgan fingerprint density at radius 2 is 2.05 bits per heavy atom. The molecule has 0 bridgehead atoms. The first kappa shape index (κ1) is 16.8. The Bertz CT molecular complexity index is 490. The van der Waals surface area contributed by atoms with E-state index >= 15 is 0 Å². The Morgan fingerprint density at radius 1 is 1.32 bits per heavy atom. The standard InChI is InChI=1S/C18H26O4/c1-14(2)7-10-22-16-6-4-5-15(13-16)18(17(19)20-3)8-11-21-12-9-18/h4-6,13-14H,7-12H2,1-3H3. The van der Waals surface area contributed by atoms with Gasteiger partial charge in [0.25, 0.3) is 0 Å². The van der Waals surface area contributed by atoms with Crippen LogP contribution in [-0.4, -0.2) is 32.9 Å². The molecule has 122 valence electrons. The minimum atomic E-state index is -0.607. The predicted molar refractivity (Wildman–Crippen MR) is 85.1 cm³/mol. The summed E-state index contributed by atoms with van der Waals surface area (Å²) in [6, 6.07) is 7.84. The lowest BCUT2D eigenvalue weighted by Gasteiger charge is -2.35. The van der Waals surface area contributed by atoms with Crippen LogP contribution >= 0.6 is 0 Å². The van der Waals surface area contributed by atoms with E-state index in [4.69, 9.17) is 14.2 Å². The van der Waals surface area contributed by atoms with E-state index < -0.39 is 5.41 Å². The molecule has 1 fully saturated rings. The first-order valence-electron chi connectivity index (χ1n) is 7.98. The van der Waals surface area contributed by atoms with Crippen LogP contribution < -0.4 is 4.74 Å². The molecule has 0 aromatic heterocycles. The third kappa shape index (κ3) is 3.80. The molecular weight excluding hydrogens is 280 g/mol. The fraction of sp³-hybridized carbons (Fsp3) is 0.611. The molecule has 1 aliphatic rings. The smallest absolute Gasteiger partial charge is 0.316 e. The Balaban J connectivity index is 2.19. The van der Waals surface area contributed by atoms with Gasteiger partial charge in [-0.25, -0.2) is 0 Å². The lowest BCUT2D eigenvalue weighted by Crippen LogP contribution is -2.42. The predicted octanol–water partition coefficient (Wildman–Crippen LogP) is 3.33. The number of hydrogen-bond donors (Lipinski definition) is 0. The first-order chi connectivity index (χ1) is 10.6. The maximum atomic E-state index is 12.4. The maximum absolute atomic E-state index is 12.4. The van der Waals surface area contributed by atoms with E-state index in [1.165, 1.54) is 7.11 Å². The average Bonchev–Trinajstić information content (AvgIpc) is 2.54. The van der Waals surface area contributed by atoms with Crippen molar-refractivity contribution in [1.29, 1.82) is 0 Å². The van der Waals surface area contributed by atoms with Crippen LogP contribution in [0.3, 0.4) is 0 Å². The lowest BCUT2D eigenvalue weighted by molar-refractivity contribution is -0.151. The number of carbonyl (C=O) groups is 1. The molecule has 1 aliphatic heterocycles. The van der Waals surface area contributed by atoms with Gasteiger partial charge in [-0.15, -0.1) is 0 Å². The number of ether oxygens (including phenoxy) is 3. The number of carbonyl (C=O) groups excluding carboxylic acids is 1. The summed E-state index contributed by atoms with van der Waals surface area (Å²) in [4.78, 5) is 12.4. The summed E-state index contributed by atoms with van der Waals surface area (Å²) in [6.07, 6.45) is 2.31. The third-order valence-corrected chi connectivity index (χ3v) is 4.27. The second-order valence-electron chi connectivity index (χ2n) is 6.24. The molecule has 1 heterocycles. The maximum Gasteiger partial charge on any atom is 0.316 e. The molecule has 22 heavy (non-hydrogen) atoms. The van der Waals surface area contributed by atoms with Crippen molar-refractivity contribution in [3.05, 3.63) is 29.8 Å². The van der Waals surface area contributed by atoms with E-state index in [-0.39, 0.29) is 5.97 Å². The van der Waals surface area contributed by atoms with E-state index in [0.717, 1.165) is 17.7 Å². The van der Waals surface area contributed by atoms with Gasteiger partial charge in [0.2, 0.25) is 0 Å². The minimum absolute atomic E-state index is 0.185. The summed E-state index contributed by atoms with van der Waals surface area (Å²) in [5.74, 6) is 1.24. The van der Waals surface area contributed by atoms with Gasteiger partial charge in [0.15, 0.2) is 0 Å². The van der Waals surface area contributed by atoms with Gasteiger partial charge in [-0.3, -0.25) is 4.79 Å². The zero-order chi connectivity index (χ0) is 16.0. The zero-order valence-electron chi connectivity index (χ0n) is 13.8. The molecule has 1 aromatic carbocycles. The summed E-state index contributed by atoms with van der Waals surface area (Å²) in [7, 11) is 1.45. The summed E-state index contributed by atoms with van der Waals surface area (Å²) in [6.45, 7) is 6.19. The third-order valence-electron chi connectivity index (χ3n) is 4.27. The van der Waals surface area contributed by atoms with Gasteiger partial charge in [-0.05, 0) is 42.9 Å². The zero-order valence-corrected chi connectivity index (χ0v) is 13.8. The molecule has 0 N–H and O–H groups in total. The van der Waals surface area contributed by atoms with Crippen LogP contribution in [0, 0.1) is 5.92 Å². The molecule has 0 unspecified atom stereocenters. The summed E-state index contributed by atoms with van der Waals surface area (Å²) >= 11 is 0. The van der Waals surface area contributed by atoms with Crippen molar-refractivity contribution in [2.75, 3.05) is 26.9 Å². The van der Waals surface area contributed by atoms with Crippen LogP contribution in [-0.2, 0) is 19.7 Å². The molecule has 0 amide bonds. The van der Waals surface area contributed by atoms with Crippen LogP contribution in [0.1, 0.15) is 38.7 Å². The van der Waals surface area contributed by atoms with Crippen molar-refractivity contribution in [2.45, 2.75) is 38.5 Å². The quantitative estimate of drug-likeness (QED) is 0.756. The highest BCUT2D eigenvalue weighted by molar-refractivity contribution is 5.83. The van der Waals surface area contributed by atoms with Crippen LogP contribution in [0.4, 0.5) is 0 Å². The van der Waals surface area contributed by atoms with E-state index in [2.05, 4.69) is 13.8 Å². The Hall–Kier alpha value is -1.55. The van der Waals surface area contributed by atoms with Crippen LogP contribution in [0.15, 0.2) is 24.3 Å². The van der Waals surface area contributed by atoms with Crippen molar-refractivity contribution < 1.29 is 19.0 Å². The molecule has 1 aromatic rings. The van der Waals surface area contributed by atoms with Gasteiger partial charge in [0.1, 0.15) is 5.75 Å². The number of hydrogen-bond acceptors (Lipinski definition) is 4. The monoisotopic (exact) mass is 306 g/mol. The molecule has 0 atom stereocenters. The van der Waals surface area contributed by atoms with Crippen LogP contribution in [0.2, 0.25) is 0 Å². The van der Waals surface area contributed by atoms with Gasteiger partial charge >= 0.3 is 5.97 Å². The Labute approximate surface area is 132 Å². The van der Waals surface area contributed by atoms with Gasteiger partial charge in [-0.2, -0.15) is 0 Å². The van der Waals surface area contributed by atoms with Gasteiger partial charge in [0, 0.05) is 13.2 Å². The SMILES string of the molecule is COC(=O)C1(c2cccc(OCCC(C)C)c2)CCOCC1. The Morgan fingerprint density at radius 3 is 2.68 bits per heavy atom. The number of benzene rings is 1. The molecular formula is C18H26O4. The highest BCUT2D eigenvalue weighted by atomic mass is 16.5. The van der Waals surface area contributed by atoms with Gasteiger partial charge < -0.3 is 14.2 Å². The molecule has 0 spiro atoms. The number of rotatable bonds is 6. The molecule has 1 saturated heterocycles. The topological polar surface area (TPSA) is 44.8 Å². The van der Waals surface area contributed by atoms with E-state index in [9.17, 15) is 4.79 Å². The second kappa shape index (κ2) is 7.63. The van der Waals surface area contributed by atoms with Gasteiger partial charge in [-0.1, -0.05) is 26.0 Å². The van der Waals surface area contributed by atoms with Crippen molar-refractivity contribution in [3.63, 3.8) is 0 Å². The van der Waals surface area contributed by atoms with Crippen LogP contribution in [0.5, 0.6) is 5.75 Å². The van der Waals surface area contributed by atoms with Crippen LogP contribution in [0.25, 0.3) is 0 Å². The van der Waals surface area contributed by atoms with Gasteiger partial charge in [0.05, 0.1) is 19.1 Å². The van der Waals surface area contributed by atoms with Crippen molar-refractivity contribution in [2.24, 2.45) is 5.92 Å². The average molecular weight is 306 g/mol. The highest BCUT2D eigenvalue weighted by Crippen LogP contribution is 2.37. The molecule has 4 nitrogen and oxygen atoms in total. The fourth-order valence-corrected chi connectivity index (χ4v) is 2.82. The number of methoxy groups -OCH3 is 1. The summed E-state index contributed by atoms with van der Waals surface area (Å²) < 4.78 is 16.3.